The van der Waals surface area contributed by atoms with E-state index in [1.165, 1.54) is 11.3 Å². The van der Waals surface area contributed by atoms with Gasteiger partial charge >= 0.3 is 0 Å². The van der Waals surface area contributed by atoms with Gasteiger partial charge in [-0.3, -0.25) is 0 Å². The second-order valence-corrected chi connectivity index (χ2v) is 9.89. The lowest BCUT2D eigenvalue weighted by Gasteiger charge is -2.37. The molecular formula is C16H30N4P+. The third-order valence-corrected chi connectivity index (χ3v) is 7.72. The number of nitrogens with zero attached hydrogens (tertiary/aromatic N) is 4. The van der Waals surface area contributed by atoms with Gasteiger partial charge in [0.25, 0.3) is 7.71 Å². The molecule has 21 heavy (non-hydrogen) atoms. The molecule has 0 amide bonds. The van der Waals surface area contributed by atoms with Gasteiger partial charge in [0.2, 0.25) is 0 Å². The molecule has 5 heteroatoms. The lowest BCUT2D eigenvalue weighted by Crippen LogP contribution is -2.34. The fraction of sp³-hybridized carbons (Fsp3) is 0.500. The van der Waals surface area contributed by atoms with Gasteiger partial charge in [0.05, 0.1) is 0 Å². The summed E-state index contributed by atoms with van der Waals surface area (Å²) in [5, 5.41) is 0. The van der Waals surface area contributed by atoms with Gasteiger partial charge in [-0.2, -0.15) is 14.0 Å². The molecule has 0 radical (unpaired) electrons. The van der Waals surface area contributed by atoms with Gasteiger partial charge in [-0.1, -0.05) is 12.1 Å². The molecule has 0 aliphatic heterocycles. The van der Waals surface area contributed by atoms with Crippen molar-refractivity contribution in [1.82, 2.24) is 14.0 Å². The zero-order valence-electron chi connectivity index (χ0n) is 14.7. The van der Waals surface area contributed by atoms with Crippen LogP contribution in [0, 0.1) is 0 Å². The molecule has 0 fully saturated rings. The van der Waals surface area contributed by atoms with Gasteiger partial charge in [0, 0.05) is 62.1 Å². The lowest BCUT2D eigenvalue weighted by atomic mass is 10.2. The Labute approximate surface area is 131 Å². The normalized spacial score (nSPS) is 12.9. The maximum atomic E-state index is 2.34. The molecule has 118 valence electrons. The van der Waals surface area contributed by atoms with E-state index in [1.807, 2.05) is 0 Å². The van der Waals surface area contributed by atoms with E-state index in [-0.39, 0.29) is 0 Å². The topological polar surface area (TPSA) is 13.0 Å². The monoisotopic (exact) mass is 309 g/mol. The van der Waals surface area contributed by atoms with Crippen LogP contribution in [0.3, 0.4) is 0 Å². The Kier molecular flexibility index (Phi) is 6.36. The first-order valence-corrected chi connectivity index (χ1v) is 8.82. The van der Waals surface area contributed by atoms with Crippen molar-refractivity contribution in [3.8, 4) is 0 Å². The highest BCUT2D eigenvalue weighted by atomic mass is 31.2. The van der Waals surface area contributed by atoms with Crippen LogP contribution in [-0.2, 0) is 0 Å². The molecule has 0 spiro atoms. The van der Waals surface area contributed by atoms with E-state index in [2.05, 4.69) is 111 Å². The van der Waals surface area contributed by atoms with Crippen LogP contribution in [0.2, 0.25) is 0 Å². The van der Waals surface area contributed by atoms with Crippen LogP contribution < -0.4 is 4.90 Å². The Morgan fingerprint density at radius 2 is 1.14 bits per heavy atom. The zero-order chi connectivity index (χ0) is 16.2. The molecule has 0 saturated heterocycles. The first-order chi connectivity index (χ1) is 9.71. The quantitative estimate of drug-likeness (QED) is 0.748. The smallest absolute Gasteiger partial charge is 0.253 e. The van der Waals surface area contributed by atoms with E-state index in [1.54, 1.807) is 0 Å². The molecule has 0 heterocycles. The van der Waals surface area contributed by atoms with Gasteiger partial charge in [0.15, 0.2) is 0 Å². The maximum Gasteiger partial charge on any atom is 0.253 e. The van der Waals surface area contributed by atoms with Crippen molar-refractivity contribution < 1.29 is 0 Å². The average molecular weight is 309 g/mol. The average Bonchev–Trinajstić information content (AvgIpc) is 2.38. The summed E-state index contributed by atoms with van der Waals surface area (Å²) in [7, 11) is 15.4. The predicted molar refractivity (Wildman–Crippen MR) is 97.8 cm³/mol. The zero-order valence-corrected chi connectivity index (χ0v) is 15.6. The summed E-state index contributed by atoms with van der Waals surface area (Å²) in [6, 6.07) is 8.64. The van der Waals surface area contributed by atoms with Gasteiger partial charge < -0.3 is 4.90 Å². The van der Waals surface area contributed by atoms with Crippen molar-refractivity contribution >= 4 is 19.5 Å². The van der Waals surface area contributed by atoms with E-state index in [0.29, 0.717) is 0 Å². The third-order valence-electron chi connectivity index (χ3n) is 3.64. The second kappa shape index (κ2) is 7.37. The molecule has 1 aromatic rings. The summed E-state index contributed by atoms with van der Waals surface area (Å²) in [6.45, 7) is 0. The Morgan fingerprint density at radius 3 is 1.48 bits per heavy atom. The number of benzene rings is 1. The van der Waals surface area contributed by atoms with E-state index in [9.17, 15) is 0 Å². The molecule has 4 nitrogen and oxygen atoms in total. The summed E-state index contributed by atoms with van der Waals surface area (Å²) in [6.07, 6.45) is 2.23. The molecule has 0 bridgehead atoms. The molecule has 0 atom stereocenters. The highest BCUT2D eigenvalue weighted by Gasteiger charge is 2.45. The largest absolute Gasteiger partial charge is 0.378 e. The minimum Gasteiger partial charge on any atom is -0.378 e. The summed E-state index contributed by atoms with van der Waals surface area (Å²) < 4.78 is 6.95. The predicted octanol–water partition coefficient (Wildman–Crippen LogP) is 3.17. The summed E-state index contributed by atoms with van der Waals surface area (Å²) in [5.74, 6) is 2.34. The van der Waals surface area contributed by atoms with E-state index in [0.717, 1.165) is 0 Å². The van der Waals surface area contributed by atoms with Crippen molar-refractivity contribution in [1.29, 1.82) is 0 Å². The molecule has 0 aromatic heterocycles. The van der Waals surface area contributed by atoms with Crippen LogP contribution in [0.4, 0.5) is 5.69 Å². The van der Waals surface area contributed by atoms with Crippen LogP contribution in [0.5, 0.6) is 0 Å². The SMILES string of the molecule is CN(C)c1ccc(/C=C/[P+](N(C)C)(N(C)C)N(C)C)cc1. The van der Waals surface area contributed by atoms with Gasteiger partial charge in [0.1, 0.15) is 5.82 Å². The van der Waals surface area contributed by atoms with E-state index in [4.69, 9.17) is 0 Å². The Balaban J connectivity index is 3.08. The molecule has 1 rings (SSSR count). The fourth-order valence-corrected chi connectivity index (χ4v) is 5.86. The van der Waals surface area contributed by atoms with Crippen LogP contribution in [-0.4, -0.2) is 70.4 Å². The van der Waals surface area contributed by atoms with Gasteiger partial charge in [-0.05, 0) is 23.8 Å². The molecule has 0 unspecified atom stereocenters. The van der Waals surface area contributed by atoms with Crippen LogP contribution in [0.15, 0.2) is 30.1 Å². The first kappa shape index (κ1) is 18.1. The Morgan fingerprint density at radius 1 is 0.714 bits per heavy atom. The van der Waals surface area contributed by atoms with Crippen LogP contribution >= 0.6 is 7.71 Å². The van der Waals surface area contributed by atoms with Crippen molar-refractivity contribution in [2.24, 2.45) is 0 Å². The highest BCUT2D eigenvalue weighted by Crippen LogP contribution is 2.65. The maximum absolute atomic E-state index is 2.34. The Hall–Kier alpha value is -0.930. The number of anilines is 1. The first-order valence-electron chi connectivity index (χ1n) is 7.10. The standard InChI is InChI=1S/C16H30N4P/c1-17(2)16-11-9-15(10-12-16)13-14-21(18(3)4,19(5)6)20(7)8/h9-14H,1-8H3/q+1/b14-13+. The van der Waals surface area contributed by atoms with Crippen molar-refractivity contribution in [2.75, 3.05) is 61.3 Å². The van der Waals surface area contributed by atoms with Gasteiger partial charge in [-0.25, -0.2) is 0 Å². The molecule has 0 aliphatic rings. The second-order valence-electron chi connectivity index (χ2n) is 5.96. The van der Waals surface area contributed by atoms with Crippen molar-refractivity contribution in [3.63, 3.8) is 0 Å². The minimum absolute atomic E-state index is 1.22. The minimum atomic E-state index is -1.60. The number of hydrogen-bond donors (Lipinski definition) is 0. The molecule has 1 aromatic carbocycles. The highest BCUT2D eigenvalue weighted by molar-refractivity contribution is 7.72. The molecular weight excluding hydrogens is 279 g/mol. The van der Waals surface area contributed by atoms with Crippen molar-refractivity contribution in [3.05, 3.63) is 35.6 Å². The van der Waals surface area contributed by atoms with Crippen LogP contribution in [0.1, 0.15) is 5.56 Å². The van der Waals surface area contributed by atoms with Crippen molar-refractivity contribution in [2.45, 2.75) is 0 Å². The number of hydrogen-bond acceptors (Lipinski definition) is 4. The Bertz CT molecular complexity index is 442. The summed E-state index contributed by atoms with van der Waals surface area (Å²) in [5.41, 5.74) is 2.46. The van der Waals surface area contributed by atoms with E-state index < -0.39 is 7.71 Å². The summed E-state index contributed by atoms with van der Waals surface area (Å²) in [4.78, 5) is 2.12. The lowest BCUT2D eigenvalue weighted by molar-refractivity contribution is 0.472. The molecule has 0 saturated carbocycles. The molecule has 0 aliphatic carbocycles. The van der Waals surface area contributed by atoms with Crippen LogP contribution in [0.25, 0.3) is 6.08 Å². The number of rotatable bonds is 6. The third kappa shape index (κ3) is 4.04. The van der Waals surface area contributed by atoms with E-state index >= 15 is 0 Å². The summed E-state index contributed by atoms with van der Waals surface area (Å²) >= 11 is 0. The van der Waals surface area contributed by atoms with Gasteiger partial charge in [-0.15, -0.1) is 0 Å². The molecule has 0 N–H and O–H groups in total. The fourth-order valence-electron chi connectivity index (χ4n) is 2.54.